The van der Waals surface area contributed by atoms with Gasteiger partial charge in [-0.05, 0) is 6.07 Å². The van der Waals surface area contributed by atoms with Crippen LogP contribution in [-0.2, 0) is 0 Å². The molecule has 1 fully saturated rings. The normalized spacial score (nSPS) is 17.2. The van der Waals surface area contributed by atoms with Crippen molar-refractivity contribution in [1.29, 1.82) is 0 Å². The second-order valence-electron chi connectivity index (χ2n) is 4.10. The van der Waals surface area contributed by atoms with Gasteiger partial charge in [0.25, 0.3) is 0 Å². The molecule has 110 valence electrons. The molecule has 2 rings (SSSR count). The lowest BCUT2D eigenvalue weighted by atomic mass is 10.0. The van der Waals surface area contributed by atoms with Gasteiger partial charge in [-0.25, -0.2) is 13.2 Å². The summed E-state index contributed by atoms with van der Waals surface area (Å²) in [5, 5.41) is 3.14. The van der Waals surface area contributed by atoms with Crippen molar-refractivity contribution in [2.24, 2.45) is 0 Å². The molecule has 0 amide bonds. The molecule has 0 spiro atoms. The molecular weight excluding hydrogens is 300 g/mol. The van der Waals surface area contributed by atoms with Gasteiger partial charge in [0, 0.05) is 31.7 Å². The van der Waals surface area contributed by atoms with Crippen LogP contribution in [0.1, 0.15) is 11.6 Å². The Labute approximate surface area is 123 Å². The summed E-state index contributed by atoms with van der Waals surface area (Å²) in [6.07, 6.45) is 0. The lowest BCUT2D eigenvalue weighted by molar-refractivity contribution is 0.144. The van der Waals surface area contributed by atoms with Crippen molar-refractivity contribution >= 4 is 24.8 Å². The summed E-state index contributed by atoms with van der Waals surface area (Å²) in [5.41, 5.74) is 0.106. The number of halogens is 5. The summed E-state index contributed by atoms with van der Waals surface area (Å²) in [6, 6.07) is 3.22. The van der Waals surface area contributed by atoms with Crippen molar-refractivity contribution < 1.29 is 13.2 Å². The number of nitrogens with zero attached hydrogens (tertiary/aromatic N) is 1. The highest BCUT2D eigenvalue weighted by Crippen LogP contribution is 2.25. The first-order chi connectivity index (χ1) is 8.24. The molecule has 0 radical (unpaired) electrons. The van der Waals surface area contributed by atoms with Gasteiger partial charge in [-0.3, -0.25) is 4.90 Å². The summed E-state index contributed by atoms with van der Waals surface area (Å²) in [4.78, 5) is 1.84. The van der Waals surface area contributed by atoms with Crippen LogP contribution in [-0.4, -0.2) is 37.8 Å². The van der Waals surface area contributed by atoms with Crippen LogP contribution in [0.15, 0.2) is 18.2 Å². The Morgan fingerprint density at radius 1 is 1.16 bits per heavy atom. The zero-order valence-electron chi connectivity index (χ0n) is 10.2. The predicted molar refractivity (Wildman–Crippen MR) is 74.0 cm³/mol. The second kappa shape index (κ2) is 8.64. The molecule has 2 nitrogen and oxygen atoms in total. The van der Waals surface area contributed by atoms with E-state index < -0.39 is 24.4 Å². The number of hydrogen-bond acceptors (Lipinski definition) is 2. The maximum Gasteiger partial charge on any atom is 0.163 e. The van der Waals surface area contributed by atoms with Crippen LogP contribution in [0.3, 0.4) is 0 Å². The molecular formula is C12H17Cl2F3N2. The van der Waals surface area contributed by atoms with Gasteiger partial charge in [0.2, 0.25) is 0 Å². The SMILES string of the molecule is Cl.Cl.FC[C@@H](c1cccc(F)c1F)N1CCNCC1. The number of rotatable bonds is 3. The third-order valence-corrected chi connectivity index (χ3v) is 3.08. The number of benzene rings is 1. The smallest absolute Gasteiger partial charge is 0.163 e. The van der Waals surface area contributed by atoms with Gasteiger partial charge in [0.1, 0.15) is 6.67 Å². The molecule has 0 unspecified atom stereocenters. The van der Waals surface area contributed by atoms with Gasteiger partial charge in [-0.15, -0.1) is 24.8 Å². The quantitative estimate of drug-likeness (QED) is 0.922. The van der Waals surface area contributed by atoms with Crippen LogP contribution in [0.25, 0.3) is 0 Å². The first-order valence-electron chi connectivity index (χ1n) is 5.68. The van der Waals surface area contributed by atoms with E-state index in [-0.39, 0.29) is 30.4 Å². The van der Waals surface area contributed by atoms with Crippen LogP contribution in [0.5, 0.6) is 0 Å². The fraction of sp³-hybridized carbons (Fsp3) is 0.500. The Bertz CT molecular complexity index is 387. The van der Waals surface area contributed by atoms with Crippen molar-refractivity contribution in [3.8, 4) is 0 Å². The average Bonchev–Trinajstić information content (AvgIpc) is 2.37. The highest BCUT2D eigenvalue weighted by atomic mass is 35.5. The fourth-order valence-corrected chi connectivity index (χ4v) is 2.15. The molecule has 0 bridgehead atoms. The zero-order chi connectivity index (χ0) is 12.3. The van der Waals surface area contributed by atoms with Gasteiger partial charge in [-0.1, -0.05) is 12.1 Å². The minimum Gasteiger partial charge on any atom is -0.314 e. The Balaban J connectivity index is 0.00000162. The van der Waals surface area contributed by atoms with Gasteiger partial charge in [0.05, 0.1) is 6.04 Å². The summed E-state index contributed by atoms with van der Waals surface area (Å²) >= 11 is 0. The molecule has 0 aromatic heterocycles. The van der Waals surface area contributed by atoms with Crippen molar-refractivity contribution in [2.75, 3.05) is 32.9 Å². The van der Waals surface area contributed by atoms with Crippen LogP contribution >= 0.6 is 24.8 Å². The lowest BCUT2D eigenvalue weighted by Crippen LogP contribution is -2.45. The minimum atomic E-state index is -0.936. The van der Waals surface area contributed by atoms with Crippen molar-refractivity contribution in [1.82, 2.24) is 10.2 Å². The van der Waals surface area contributed by atoms with E-state index in [4.69, 9.17) is 0 Å². The monoisotopic (exact) mass is 316 g/mol. The molecule has 1 aliphatic rings. The molecule has 0 saturated carbocycles. The van der Waals surface area contributed by atoms with Crippen molar-refractivity contribution in [3.63, 3.8) is 0 Å². The van der Waals surface area contributed by atoms with E-state index in [1.165, 1.54) is 12.1 Å². The van der Waals surface area contributed by atoms with E-state index in [0.717, 1.165) is 19.2 Å². The fourth-order valence-electron chi connectivity index (χ4n) is 2.15. The van der Waals surface area contributed by atoms with Gasteiger partial charge < -0.3 is 5.32 Å². The maximum absolute atomic E-state index is 13.6. The van der Waals surface area contributed by atoms with Crippen LogP contribution in [0.2, 0.25) is 0 Å². The Kier molecular flexibility index (Phi) is 8.41. The summed E-state index contributed by atoms with van der Waals surface area (Å²) in [6.45, 7) is 2.07. The third kappa shape index (κ3) is 4.24. The van der Waals surface area contributed by atoms with E-state index in [1.54, 1.807) is 0 Å². The van der Waals surface area contributed by atoms with Gasteiger partial charge >= 0.3 is 0 Å². The van der Waals surface area contributed by atoms with E-state index in [2.05, 4.69) is 5.32 Å². The molecule has 0 aliphatic carbocycles. The van der Waals surface area contributed by atoms with Crippen LogP contribution < -0.4 is 5.32 Å². The van der Waals surface area contributed by atoms with Gasteiger partial charge in [-0.2, -0.15) is 0 Å². The third-order valence-electron chi connectivity index (χ3n) is 3.08. The number of alkyl halides is 1. The molecule has 1 saturated heterocycles. The molecule has 1 heterocycles. The van der Waals surface area contributed by atoms with E-state index >= 15 is 0 Å². The first-order valence-corrected chi connectivity index (χ1v) is 5.68. The highest BCUT2D eigenvalue weighted by Gasteiger charge is 2.25. The number of hydrogen-bond donors (Lipinski definition) is 1. The van der Waals surface area contributed by atoms with Crippen LogP contribution in [0.4, 0.5) is 13.2 Å². The molecule has 1 atom stereocenters. The minimum absolute atomic E-state index is 0. The van der Waals surface area contributed by atoms with Crippen LogP contribution in [0, 0.1) is 11.6 Å². The van der Waals surface area contributed by atoms with E-state index in [0.29, 0.717) is 13.1 Å². The number of nitrogens with one attached hydrogen (secondary N) is 1. The van der Waals surface area contributed by atoms with Crippen molar-refractivity contribution in [2.45, 2.75) is 6.04 Å². The molecule has 1 aliphatic heterocycles. The summed E-state index contributed by atoms with van der Waals surface area (Å²) in [7, 11) is 0. The maximum atomic E-state index is 13.6. The summed E-state index contributed by atoms with van der Waals surface area (Å²) in [5.74, 6) is -1.86. The van der Waals surface area contributed by atoms with E-state index in [1.807, 2.05) is 4.90 Å². The Morgan fingerprint density at radius 3 is 2.37 bits per heavy atom. The number of piperazine rings is 1. The molecule has 1 N–H and O–H groups in total. The topological polar surface area (TPSA) is 15.3 Å². The average molecular weight is 317 g/mol. The largest absolute Gasteiger partial charge is 0.314 e. The molecule has 1 aromatic rings. The Hall–Kier alpha value is -0.490. The molecule has 19 heavy (non-hydrogen) atoms. The van der Waals surface area contributed by atoms with Gasteiger partial charge in [0.15, 0.2) is 11.6 Å². The summed E-state index contributed by atoms with van der Waals surface area (Å²) < 4.78 is 39.8. The first kappa shape index (κ1) is 18.5. The highest BCUT2D eigenvalue weighted by molar-refractivity contribution is 5.85. The lowest BCUT2D eigenvalue weighted by Gasteiger charge is -2.33. The predicted octanol–water partition coefficient (Wildman–Crippen LogP) is 2.72. The molecule has 1 aromatic carbocycles. The van der Waals surface area contributed by atoms with E-state index in [9.17, 15) is 13.2 Å². The standard InChI is InChI=1S/C12H15F3N2.2ClH/c13-8-11(17-6-4-16-5-7-17)9-2-1-3-10(14)12(9)15;;/h1-3,11,16H,4-8H2;2*1H/t11-;;/m0../s1. The zero-order valence-corrected chi connectivity index (χ0v) is 11.9. The molecule has 7 heteroatoms. The second-order valence-corrected chi connectivity index (χ2v) is 4.10. The Morgan fingerprint density at radius 2 is 1.79 bits per heavy atom. The van der Waals surface area contributed by atoms with Crippen molar-refractivity contribution in [3.05, 3.63) is 35.4 Å².